The molecule has 4 aliphatic rings. The van der Waals surface area contributed by atoms with Gasteiger partial charge in [0, 0.05) is 51.3 Å². The lowest BCUT2D eigenvalue weighted by Gasteiger charge is -2.38. The minimum Gasteiger partial charge on any atom is -0.379 e. The molecule has 1 spiro atoms. The first kappa shape index (κ1) is 19.0. The summed E-state index contributed by atoms with van der Waals surface area (Å²) in [5.41, 5.74) is 0.753. The average Bonchev–Trinajstić information content (AvgIpc) is 3.36. The summed E-state index contributed by atoms with van der Waals surface area (Å²) in [6.45, 7) is 5.30. The van der Waals surface area contributed by atoms with E-state index < -0.39 is 10.0 Å². The maximum Gasteiger partial charge on any atom is 0.260 e. The summed E-state index contributed by atoms with van der Waals surface area (Å²) in [6.07, 6.45) is 4.76. The van der Waals surface area contributed by atoms with Crippen LogP contribution in [0, 0.1) is 0 Å². The summed E-state index contributed by atoms with van der Waals surface area (Å²) < 4.78 is 41.2. The van der Waals surface area contributed by atoms with Gasteiger partial charge in [0.15, 0.2) is 5.03 Å². The van der Waals surface area contributed by atoms with Crippen molar-refractivity contribution in [3.8, 4) is 0 Å². The molecule has 5 rings (SSSR count). The highest BCUT2D eigenvalue weighted by atomic mass is 32.2. The molecule has 4 heterocycles. The second-order valence-corrected chi connectivity index (χ2v) is 10.6. The highest BCUT2D eigenvalue weighted by Gasteiger charge is 2.46. The number of hydrogen-bond donors (Lipinski definition) is 0. The van der Waals surface area contributed by atoms with E-state index in [0.717, 1.165) is 70.7 Å². The zero-order chi connectivity index (χ0) is 19.4. The van der Waals surface area contributed by atoms with Crippen molar-refractivity contribution in [2.24, 2.45) is 7.05 Å². The van der Waals surface area contributed by atoms with Gasteiger partial charge in [0.1, 0.15) is 0 Å². The monoisotopic (exact) mass is 410 g/mol. The number of hydrogen-bond acceptors (Lipinski definition) is 6. The average molecular weight is 411 g/mol. The van der Waals surface area contributed by atoms with Crippen LogP contribution in [0.15, 0.2) is 11.1 Å². The molecule has 3 saturated heterocycles. The Morgan fingerprint density at radius 3 is 2.54 bits per heavy atom. The third kappa shape index (κ3) is 3.41. The molecule has 0 radical (unpaired) electrons. The number of nitrogens with zero attached hydrogens (tertiary/aromatic N) is 4. The lowest BCUT2D eigenvalue weighted by molar-refractivity contribution is -0.0329. The van der Waals surface area contributed by atoms with Gasteiger partial charge in [0.2, 0.25) is 0 Å². The second kappa shape index (κ2) is 7.05. The summed E-state index contributed by atoms with van der Waals surface area (Å²) in [6, 6.07) is 2.21. The van der Waals surface area contributed by atoms with Crippen LogP contribution in [0.25, 0.3) is 0 Å². The number of aryl methyl sites for hydroxylation is 1. The lowest BCUT2D eigenvalue weighted by atomic mass is 9.88. The van der Waals surface area contributed by atoms with Crippen molar-refractivity contribution in [3.05, 3.63) is 11.8 Å². The summed E-state index contributed by atoms with van der Waals surface area (Å²) in [5, 5.41) is 4.76. The van der Waals surface area contributed by atoms with Crippen LogP contribution in [0.2, 0.25) is 0 Å². The highest BCUT2D eigenvalue weighted by Crippen LogP contribution is 2.41. The standard InChI is InChI=1S/C19H30N4O4S/c1-21-18(12-17(20-21)15-2-3-15)28(24,25)23-6-4-19(5-7-23)13-16(14-27-19)22-8-10-26-11-9-22/h12,15-16H,2-11,13-14H2,1H3. The highest BCUT2D eigenvalue weighted by molar-refractivity contribution is 7.89. The fourth-order valence-electron chi connectivity index (χ4n) is 4.90. The van der Waals surface area contributed by atoms with Gasteiger partial charge in [-0.3, -0.25) is 9.58 Å². The van der Waals surface area contributed by atoms with Crippen LogP contribution >= 0.6 is 0 Å². The Labute approximate surface area is 166 Å². The van der Waals surface area contributed by atoms with E-state index in [1.165, 1.54) is 4.68 Å². The molecule has 8 nitrogen and oxygen atoms in total. The van der Waals surface area contributed by atoms with Crippen LogP contribution in [-0.2, 0) is 26.5 Å². The van der Waals surface area contributed by atoms with Gasteiger partial charge in [-0.25, -0.2) is 8.42 Å². The number of aromatic nitrogens is 2. The molecule has 1 aromatic heterocycles. The van der Waals surface area contributed by atoms with E-state index in [4.69, 9.17) is 9.47 Å². The maximum absolute atomic E-state index is 13.2. The van der Waals surface area contributed by atoms with E-state index in [1.807, 2.05) is 0 Å². The van der Waals surface area contributed by atoms with E-state index in [2.05, 4.69) is 10.00 Å². The smallest absolute Gasteiger partial charge is 0.260 e. The summed E-state index contributed by atoms with van der Waals surface area (Å²) in [5.74, 6) is 0.448. The minimum atomic E-state index is -3.51. The predicted octanol–water partition coefficient (Wildman–Crippen LogP) is 0.942. The Morgan fingerprint density at radius 2 is 1.86 bits per heavy atom. The molecule has 1 saturated carbocycles. The molecule has 3 aliphatic heterocycles. The van der Waals surface area contributed by atoms with Gasteiger partial charge in [0.25, 0.3) is 10.0 Å². The zero-order valence-electron chi connectivity index (χ0n) is 16.5. The Hall–Kier alpha value is -1.00. The zero-order valence-corrected chi connectivity index (χ0v) is 17.4. The van der Waals surface area contributed by atoms with Crippen LogP contribution in [0.4, 0.5) is 0 Å². The van der Waals surface area contributed by atoms with Gasteiger partial charge in [-0.05, 0) is 32.1 Å². The summed E-state index contributed by atoms with van der Waals surface area (Å²) >= 11 is 0. The molecule has 1 aromatic rings. The van der Waals surface area contributed by atoms with Crippen LogP contribution in [0.1, 0.15) is 43.7 Å². The molecular formula is C19H30N4O4S. The van der Waals surface area contributed by atoms with Gasteiger partial charge in [0.05, 0.1) is 31.1 Å². The third-order valence-electron chi connectivity index (χ3n) is 6.84. The van der Waals surface area contributed by atoms with Gasteiger partial charge < -0.3 is 9.47 Å². The molecular weight excluding hydrogens is 380 g/mol. The van der Waals surface area contributed by atoms with Crippen molar-refractivity contribution in [2.75, 3.05) is 46.0 Å². The molecule has 9 heteroatoms. The maximum atomic E-state index is 13.2. The fraction of sp³-hybridized carbons (Fsp3) is 0.842. The van der Waals surface area contributed by atoms with Crippen LogP contribution < -0.4 is 0 Å². The van der Waals surface area contributed by atoms with Crippen LogP contribution in [0.3, 0.4) is 0 Å². The van der Waals surface area contributed by atoms with Crippen molar-refractivity contribution < 1.29 is 17.9 Å². The minimum absolute atomic E-state index is 0.166. The number of piperidine rings is 1. The van der Waals surface area contributed by atoms with Gasteiger partial charge >= 0.3 is 0 Å². The Bertz CT molecular complexity index is 821. The van der Waals surface area contributed by atoms with Crippen LogP contribution in [0.5, 0.6) is 0 Å². The van der Waals surface area contributed by atoms with Crippen molar-refractivity contribution in [1.82, 2.24) is 19.0 Å². The van der Waals surface area contributed by atoms with Gasteiger partial charge in [-0.2, -0.15) is 9.40 Å². The molecule has 0 amide bonds. The SMILES string of the molecule is Cn1nc(C2CC2)cc1S(=O)(=O)N1CCC2(CC1)CC(N1CCOCC1)CO2. The fourth-order valence-corrected chi connectivity index (χ4v) is 6.48. The molecule has 0 aromatic carbocycles. The Balaban J connectivity index is 1.24. The van der Waals surface area contributed by atoms with E-state index in [0.29, 0.717) is 30.1 Å². The topological polar surface area (TPSA) is 76.9 Å². The summed E-state index contributed by atoms with van der Waals surface area (Å²) in [4.78, 5) is 2.47. The third-order valence-corrected chi connectivity index (χ3v) is 8.80. The number of rotatable bonds is 4. The first-order valence-electron chi connectivity index (χ1n) is 10.5. The van der Waals surface area contributed by atoms with E-state index in [-0.39, 0.29) is 5.60 Å². The van der Waals surface area contributed by atoms with Crippen molar-refractivity contribution >= 4 is 10.0 Å². The van der Waals surface area contributed by atoms with E-state index in [1.54, 1.807) is 17.4 Å². The molecule has 0 bridgehead atoms. The Kier molecular flexibility index (Phi) is 4.78. The molecule has 1 aliphatic carbocycles. The first-order chi connectivity index (χ1) is 13.5. The molecule has 156 valence electrons. The van der Waals surface area contributed by atoms with Gasteiger partial charge in [-0.1, -0.05) is 0 Å². The number of morpholine rings is 1. The Morgan fingerprint density at radius 1 is 1.14 bits per heavy atom. The second-order valence-electron chi connectivity index (χ2n) is 8.71. The predicted molar refractivity (Wildman–Crippen MR) is 103 cm³/mol. The lowest BCUT2D eigenvalue weighted by Crippen LogP contribution is -2.48. The normalized spacial score (nSPS) is 29.5. The quantitative estimate of drug-likeness (QED) is 0.735. The molecule has 4 fully saturated rings. The van der Waals surface area contributed by atoms with Crippen molar-refractivity contribution in [1.29, 1.82) is 0 Å². The molecule has 1 unspecified atom stereocenters. The van der Waals surface area contributed by atoms with Crippen molar-refractivity contribution in [2.45, 2.75) is 54.7 Å². The summed E-state index contributed by atoms with van der Waals surface area (Å²) in [7, 11) is -1.77. The van der Waals surface area contributed by atoms with Gasteiger partial charge in [-0.15, -0.1) is 0 Å². The first-order valence-corrected chi connectivity index (χ1v) is 11.9. The van der Waals surface area contributed by atoms with E-state index in [9.17, 15) is 8.42 Å². The molecule has 1 atom stereocenters. The van der Waals surface area contributed by atoms with E-state index >= 15 is 0 Å². The molecule has 0 N–H and O–H groups in total. The van der Waals surface area contributed by atoms with Crippen LogP contribution in [-0.4, -0.2) is 85.0 Å². The number of ether oxygens (including phenoxy) is 2. The number of sulfonamides is 1. The largest absolute Gasteiger partial charge is 0.379 e. The molecule has 28 heavy (non-hydrogen) atoms. The van der Waals surface area contributed by atoms with Crippen molar-refractivity contribution in [3.63, 3.8) is 0 Å².